The summed E-state index contributed by atoms with van der Waals surface area (Å²) in [7, 11) is 0. The van der Waals surface area contributed by atoms with Crippen molar-refractivity contribution in [3.63, 3.8) is 0 Å². The van der Waals surface area contributed by atoms with E-state index < -0.39 is 12.3 Å². The van der Waals surface area contributed by atoms with Gasteiger partial charge in [-0.2, -0.15) is 0 Å². The number of rotatable bonds is 5. The van der Waals surface area contributed by atoms with E-state index in [-0.39, 0.29) is 23.9 Å². The van der Waals surface area contributed by atoms with Gasteiger partial charge in [0.2, 0.25) is 5.91 Å². The summed E-state index contributed by atoms with van der Waals surface area (Å²) in [6, 6.07) is 0.293. The Morgan fingerprint density at radius 1 is 0.912 bits per heavy atom. The molecule has 0 aromatic carbocycles. The van der Waals surface area contributed by atoms with Gasteiger partial charge in [0.05, 0.1) is 6.17 Å². The van der Waals surface area contributed by atoms with E-state index in [1.807, 2.05) is 6.92 Å². The molecule has 8 heteroatoms. The molecule has 34 heavy (non-hydrogen) atoms. The normalized spacial score (nSPS) is 41.8. The molecular formula is C26H45F2N5O. The first-order valence-electron chi connectivity index (χ1n) is 13.8. The highest BCUT2D eigenvalue weighted by Crippen LogP contribution is 2.33. The number of nitrogens with zero attached hydrogens (tertiary/aromatic N) is 1. The van der Waals surface area contributed by atoms with Gasteiger partial charge in [0.15, 0.2) is 5.96 Å². The Hall–Kier alpha value is -1.28. The van der Waals surface area contributed by atoms with E-state index in [0.29, 0.717) is 68.4 Å². The number of amides is 1. The minimum absolute atomic E-state index is 0.0450. The van der Waals surface area contributed by atoms with Gasteiger partial charge in [-0.15, -0.1) is 0 Å². The SMILES string of the molecule is CC1CC(C(=O)NC(=NCC2CCCCC2C)NC2CC(C3CCC(F)CC3)NN2)CCC1F. The second-order valence-corrected chi connectivity index (χ2v) is 11.5. The fraction of sp³-hybridized carbons (Fsp3) is 0.923. The van der Waals surface area contributed by atoms with Gasteiger partial charge in [-0.25, -0.2) is 14.2 Å². The van der Waals surface area contributed by atoms with Gasteiger partial charge in [-0.1, -0.05) is 33.1 Å². The van der Waals surface area contributed by atoms with E-state index in [4.69, 9.17) is 4.99 Å². The number of halogens is 2. The summed E-state index contributed by atoms with van der Waals surface area (Å²) >= 11 is 0. The molecule has 7 atom stereocenters. The summed E-state index contributed by atoms with van der Waals surface area (Å²) in [5.41, 5.74) is 6.71. The number of hydrazine groups is 1. The van der Waals surface area contributed by atoms with Crippen LogP contribution in [0.2, 0.25) is 0 Å². The monoisotopic (exact) mass is 481 g/mol. The molecule has 0 aromatic heterocycles. The quantitative estimate of drug-likeness (QED) is 0.347. The van der Waals surface area contributed by atoms with E-state index in [1.54, 1.807) is 0 Å². The lowest BCUT2D eigenvalue weighted by atomic mass is 9.80. The topological polar surface area (TPSA) is 77.5 Å². The van der Waals surface area contributed by atoms with Crippen LogP contribution in [0.1, 0.15) is 90.9 Å². The lowest BCUT2D eigenvalue weighted by Gasteiger charge is -2.30. The lowest BCUT2D eigenvalue weighted by Crippen LogP contribution is -2.52. The Balaban J connectivity index is 1.36. The zero-order valence-electron chi connectivity index (χ0n) is 21.0. The highest BCUT2D eigenvalue weighted by atomic mass is 19.1. The van der Waals surface area contributed by atoms with Crippen LogP contribution in [-0.4, -0.2) is 43.0 Å². The number of aliphatic imine (C=N–C) groups is 1. The van der Waals surface area contributed by atoms with Gasteiger partial charge >= 0.3 is 0 Å². The van der Waals surface area contributed by atoms with E-state index in [9.17, 15) is 13.6 Å². The molecule has 0 radical (unpaired) electrons. The second kappa shape index (κ2) is 12.1. The second-order valence-electron chi connectivity index (χ2n) is 11.5. The maximum absolute atomic E-state index is 13.9. The van der Waals surface area contributed by atoms with Crippen LogP contribution in [0.5, 0.6) is 0 Å². The van der Waals surface area contributed by atoms with E-state index in [0.717, 1.165) is 19.3 Å². The summed E-state index contributed by atoms with van der Waals surface area (Å²) < 4.78 is 27.5. The zero-order valence-corrected chi connectivity index (χ0v) is 21.0. The zero-order chi connectivity index (χ0) is 24.1. The molecule has 3 aliphatic carbocycles. The van der Waals surface area contributed by atoms with Gasteiger partial charge in [0, 0.05) is 18.5 Å². The number of hydrogen-bond donors (Lipinski definition) is 4. The third kappa shape index (κ3) is 6.90. The summed E-state index contributed by atoms with van der Waals surface area (Å²) in [6.45, 7) is 4.91. The molecule has 4 fully saturated rings. The molecule has 4 aliphatic rings. The number of nitrogens with one attached hydrogen (secondary N) is 4. The molecule has 1 saturated heterocycles. The standard InChI is InChI=1S/C26H45F2N5O/c1-16-5-3-4-6-20(16)15-29-26(31-25(34)19-9-12-22(28)17(2)13-19)30-24-14-23(32-33-24)18-7-10-21(27)11-8-18/h16-24,32-33H,3-15H2,1-2H3,(H2,29,30,31,34). The van der Waals surface area contributed by atoms with Crippen LogP contribution >= 0.6 is 0 Å². The molecule has 0 spiro atoms. The smallest absolute Gasteiger partial charge is 0.229 e. The maximum atomic E-state index is 13.9. The average molecular weight is 482 g/mol. The molecule has 6 nitrogen and oxygen atoms in total. The predicted molar refractivity (Wildman–Crippen MR) is 131 cm³/mol. The molecule has 0 bridgehead atoms. The molecule has 194 valence electrons. The Morgan fingerprint density at radius 2 is 1.68 bits per heavy atom. The highest BCUT2D eigenvalue weighted by Gasteiger charge is 2.35. The summed E-state index contributed by atoms with van der Waals surface area (Å²) in [5.74, 6) is 1.90. The number of guanidine groups is 1. The van der Waals surface area contributed by atoms with Gasteiger partial charge in [0.1, 0.15) is 12.3 Å². The average Bonchev–Trinajstić information content (AvgIpc) is 3.29. The Morgan fingerprint density at radius 3 is 2.41 bits per heavy atom. The van der Waals surface area contributed by atoms with Crippen molar-refractivity contribution in [1.82, 2.24) is 21.5 Å². The Labute approximate surface area is 203 Å². The van der Waals surface area contributed by atoms with Crippen molar-refractivity contribution in [2.45, 2.75) is 115 Å². The van der Waals surface area contributed by atoms with Crippen molar-refractivity contribution in [2.75, 3.05) is 6.54 Å². The van der Waals surface area contributed by atoms with Crippen molar-refractivity contribution in [1.29, 1.82) is 0 Å². The molecular weight excluding hydrogens is 436 g/mol. The first-order valence-corrected chi connectivity index (χ1v) is 13.8. The van der Waals surface area contributed by atoms with E-state index in [2.05, 4.69) is 28.4 Å². The van der Waals surface area contributed by atoms with Gasteiger partial charge in [-0.3, -0.25) is 20.5 Å². The largest absolute Gasteiger partial charge is 0.339 e. The number of hydrogen-bond acceptors (Lipinski definition) is 4. The summed E-state index contributed by atoms with van der Waals surface area (Å²) in [4.78, 5) is 17.9. The lowest BCUT2D eigenvalue weighted by molar-refractivity contribution is -0.125. The molecule has 7 unspecified atom stereocenters. The summed E-state index contributed by atoms with van der Waals surface area (Å²) in [5, 5.41) is 6.50. The fourth-order valence-corrected chi connectivity index (χ4v) is 6.44. The molecule has 3 saturated carbocycles. The fourth-order valence-electron chi connectivity index (χ4n) is 6.44. The van der Waals surface area contributed by atoms with Crippen molar-refractivity contribution < 1.29 is 13.6 Å². The predicted octanol–water partition coefficient (Wildman–Crippen LogP) is 4.37. The van der Waals surface area contributed by atoms with Crippen molar-refractivity contribution in [3.05, 3.63) is 0 Å². The van der Waals surface area contributed by atoms with Crippen LogP contribution in [0.4, 0.5) is 8.78 Å². The van der Waals surface area contributed by atoms with Crippen molar-refractivity contribution >= 4 is 11.9 Å². The number of alkyl halides is 2. The minimum Gasteiger partial charge on any atom is -0.339 e. The summed E-state index contributed by atoms with van der Waals surface area (Å²) in [6.07, 6.45) is 9.12. The molecule has 1 amide bonds. The third-order valence-corrected chi connectivity index (χ3v) is 8.96. The molecule has 4 N–H and O–H groups in total. The first kappa shape index (κ1) is 25.8. The van der Waals surface area contributed by atoms with E-state index in [1.165, 1.54) is 25.7 Å². The maximum Gasteiger partial charge on any atom is 0.229 e. The minimum atomic E-state index is -0.804. The van der Waals surface area contributed by atoms with Crippen LogP contribution in [-0.2, 0) is 4.79 Å². The van der Waals surface area contributed by atoms with Crippen molar-refractivity contribution in [2.24, 2.45) is 34.6 Å². The van der Waals surface area contributed by atoms with E-state index >= 15 is 0 Å². The number of carbonyl (C=O) groups is 1. The van der Waals surface area contributed by atoms with Crippen molar-refractivity contribution in [3.8, 4) is 0 Å². The highest BCUT2D eigenvalue weighted by molar-refractivity contribution is 5.98. The Bertz CT molecular complexity index is 699. The van der Waals surface area contributed by atoms with Gasteiger partial charge < -0.3 is 5.32 Å². The number of carbonyl (C=O) groups excluding carboxylic acids is 1. The third-order valence-electron chi connectivity index (χ3n) is 8.96. The van der Waals surface area contributed by atoms with Gasteiger partial charge in [-0.05, 0) is 81.5 Å². The van der Waals surface area contributed by atoms with Crippen LogP contribution in [0.3, 0.4) is 0 Å². The van der Waals surface area contributed by atoms with Crippen LogP contribution in [0, 0.1) is 29.6 Å². The molecule has 0 aromatic rings. The van der Waals surface area contributed by atoms with Gasteiger partial charge in [0.25, 0.3) is 0 Å². The first-order chi connectivity index (χ1) is 16.4. The van der Waals surface area contributed by atoms with Crippen LogP contribution in [0.25, 0.3) is 0 Å². The van der Waals surface area contributed by atoms with Crippen LogP contribution in [0.15, 0.2) is 4.99 Å². The molecule has 1 heterocycles. The van der Waals surface area contributed by atoms with Crippen LogP contribution < -0.4 is 21.5 Å². The molecule has 4 rings (SSSR count). The Kier molecular flexibility index (Phi) is 9.19. The molecule has 1 aliphatic heterocycles.